The molecule has 7 heteroatoms. The molecule has 2 rings (SSSR count). The van der Waals surface area contributed by atoms with Crippen LogP contribution in [0, 0.1) is 0 Å². The van der Waals surface area contributed by atoms with E-state index in [9.17, 15) is 8.42 Å². The Morgan fingerprint density at radius 2 is 1.89 bits per heavy atom. The van der Waals surface area contributed by atoms with Crippen LogP contribution in [0.25, 0.3) is 11.5 Å². The van der Waals surface area contributed by atoms with Crippen LogP contribution in [-0.4, -0.2) is 24.9 Å². The number of nitrogens with two attached hydrogens (primary N) is 1. The summed E-state index contributed by atoms with van der Waals surface area (Å²) in [5, 5.41) is 7.78. The maximum absolute atomic E-state index is 11.3. The van der Waals surface area contributed by atoms with Gasteiger partial charge in [-0.25, -0.2) is 8.42 Å². The average Bonchev–Trinajstić information content (AvgIpc) is 2.86. The van der Waals surface area contributed by atoms with Gasteiger partial charge in [-0.1, -0.05) is 6.92 Å². The fraction of sp³-hybridized carbons (Fsp3) is 0.333. The lowest BCUT2D eigenvalue weighted by Gasteiger charge is -2.01. The van der Waals surface area contributed by atoms with Gasteiger partial charge in [0, 0.05) is 11.8 Å². The van der Waals surface area contributed by atoms with Crippen molar-refractivity contribution in [3.8, 4) is 11.5 Å². The van der Waals surface area contributed by atoms with Crippen molar-refractivity contribution >= 4 is 9.84 Å². The smallest absolute Gasteiger partial charge is 0.247 e. The second-order valence-corrected chi connectivity index (χ2v) is 6.27. The van der Waals surface area contributed by atoms with Crippen LogP contribution in [0.15, 0.2) is 33.6 Å². The van der Waals surface area contributed by atoms with E-state index >= 15 is 0 Å². The zero-order valence-electron chi connectivity index (χ0n) is 10.7. The molecule has 0 bridgehead atoms. The van der Waals surface area contributed by atoms with E-state index < -0.39 is 9.84 Å². The lowest BCUT2D eigenvalue weighted by Crippen LogP contribution is -2.08. The van der Waals surface area contributed by atoms with E-state index in [4.69, 9.17) is 10.2 Å². The van der Waals surface area contributed by atoms with Gasteiger partial charge in [-0.3, -0.25) is 0 Å². The zero-order valence-corrected chi connectivity index (χ0v) is 11.5. The Bertz CT molecular complexity index is 662. The Labute approximate surface area is 111 Å². The number of rotatable bonds is 4. The lowest BCUT2D eigenvalue weighted by atomic mass is 10.2. The van der Waals surface area contributed by atoms with Gasteiger partial charge in [0.2, 0.25) is 11.8 Å². The van der Waals surface area contributed by atoms with Crippen LogP contribution >= 0.6 is 0 Å². The van der Waals surface area contributed by atoms with E-state index in [0.717, 1.165) is 6.26 Å². The first kappa shape index (κ1) is 13.7. The van der Waals surface area contributed by atoms with Crippen LogP contribution in [0.5, 0.6) is 0 Å². The minimum Gasteiger partial charge on any atom is -0.419 e. The summed E-state index contributed by atoms with van der Waals surface area (Å²) in [5.74, 6) is 0.712. The molecular formula is C12H15N3O3S. The highest BCUT2D eigenvalue weighted by Crippen LogP contribution is 2.22. The Morgan fingerprint density at radius 3 is 2.42 bits per heavy atom. The van der Waals surface area contributed by atoms with Gasteiger partial charge in [0.1, 0.15) is 0 Å². The highest BCUT2D eigenvalue weighted by molar-refractivity contribution is 7.90. The van der Waals surface area contributed by atoms with Gasteiger partial charge in [0.05, 0.1) is 10.9 Å². The summed E-state index contributed by atoms with van der Waals surface area (Å²) in [5.41, 5.74) is 6.45. The molecule has 0 fully saturated rings. The Hall–Kier alpha value is -1.73. The van der Waals surface area contributed by atoms with Gasteiger partial charge < -0.3 is 10.2 Å². The molecule has 1 aromatic heterocycles. The van der Waals surface area contributed by atoms with Gasteiger partial charge in [-0.2, -0.15) is 0 Å². The molecule has 0 saturated heterocycles. The molecular weight excluding hydrogens is 266 g/mol. The molecule has 1 atom stereocenters. The fourth-order valence-electron chi connectivity index (χ4n) is 1.52. The van der Waals surface area contributed by atoms with E-state index in [1.165, 1.54) is 12.1 Å². The molecule has 19 heavy (non-hydrogen) atoms. The SMILES string of the molecule is CCC(N)c1nnc(-c2ccc(S(C)(=O)=O)cc2)o1. The first-order valence-electron chi connectivity index (χ1n) is 5.81. The van der Waals surface area contributed by atoms with E-state index in [-0.39, 0.29) is 10.9 Å². The number of nitrogens with zero attached hydrogens (tertiary/aromatic N) is 2. The third-order valence-electron chi connectivity index (χ3n) is 2.73. The van der Waals surface area contributed by atoms with Gasteiger partial charge >= 0.3 is 0 Å². The molecule has 0 radical (unpaired) electrons. The van der Waals surface area contributed by atoms with Crippen molar-refractivity contribution < 1.29 is 12.8 Å². The van der Waals surface area contributed by atoms with Crippen molar-refractivity contribution in [2.24, 2.45) is 5.73 Å². The minimum atomic E-state index is -3.20. The molecule has 0 aliphatic heterocycles. The average molecular weight is 281 g/mol. The van der Waals surface area contributed by atoms with Crippen LogP contribution in [0.3, 0.4) is 0 Å². The number of aromatic nitrogens is 2. The molecule has 2 aromatic rings. The van der Waals surface area contributed by atoms with E-state index in [1.54, 1.807) is 12.1 Å². The monoisotopic (exact) mass is 281 g/mol. The maximum atomic E-state index is 11.3. The third kappa shape index (κ3) is 2.99. The number of hydrogen-bond acceptors (Lipinski definition) is 6. The Morgan fingerprint density at radius 1 is 1.26 bits per heavy atom. The first-order valence-corrected chi connectivity index (χ1v) is 7.70. The highest BCUT2D eigenvalue weighted by Gasteiger charge is 2.14. The standard InChI is InChI=1S/C12H15N3O3S/c1-3-10(13)12-15-14-11(18-12)8-4-6-9(7-5-8)19(2,16)17/h4-7,10H,3,13H2,1-2H3. The molecule has 1 aromatic carbocycles. The Kier molecular flexibility index (Phi) is 3.68. The first-order chi connectivity index (χ1) is 8.91. The summed E-state index contributed by atoms with van der Waals surface area (Å²) in [6.07, 6.45) is 1.86. The summed E-state index contributed by atoms with van der Waals surface area (Å²) in [7, 11) is -3.20. The van der Waals surface area contributed by atoms with Crippen LogP contribution in [-0.2, 0) is 9.84 Å². The molecule has 0 aliphatic carbocycles. The van der Waals surface area contributed by atoms with Gasteiger partial charge in [0.25, 0.3) is 0 Å². The normalized spacial score (nSPS) is 13.4. The van der Waals surface area contributed by atoms with Crippen molar-refractivity contribution in [2.75, 3.05) is 6.26 Å². The predicted octanol–water partition coefficient (Wildman–Crippen LogP) is 1.55. The number of hydrogen-bond donors (Lipinski definition) is 1. The van der Waals surface area contributed by atoms with Crippen molar-refractivity contribution in [2.45, 2.75) is 24.3 Å². The molecule has 2 N–H and O–H groups in total. The predicted molar refractivity (Wildman–Crippen MR) is 70.1 cm³/mol. The molecule has 0 amide bonds. The molecule has 1 unspecified atom stereocenters. The molecule has 1 heterocycles. The maximum Gasteiger partial charge on any atom is 0.247 e. The highest BCUT2D eigenvalue weighted by atomic mass is 32.2. The van der Waals surface area contributed by atoms with Gasteiger partial charge in [-0.05, 0) is 30.7 Å². The molecule has 0 saturated carbocycles. The summed E-state index contributed by atoms with van der Waals surface area (Å²) in [6, 6.07) is 6.00. The quantitative estimate of drug-likeness (QED) is 0.912. The Balaban J connectivity index is 2.30. The molecule has 6 nitrogen and oxygen atoms in total. The molecule has 0 aliphatic rings. The molecule has 102 valence electrons. The summed E-state index contributed by atoms with van der Waals surface area (Å²) in [4.78, 5) is 0.251. The van der Waals surface area contributed by atoms with Gasteiger partial charge in [0.15, 0.2) is 9.84 Å². The van der Waals surface area contributed by atoms with E-state index in [2.05, 4.69) is 10.2 Å². The molecule has 0 spiro atoms. The van der Waals surface area contributed by atoms with Crippen LogP contribution < -0.4 is 5.73 Å². The number of sulfone groups is 1. The summed E-state index contributed by atoms with van der Waals surface area (Å²) in [6.45, 7) is 1.93. The van der Waals surface area contributed by atoms with Crippen molar-refractivity contribution in [3.63, 3.8) is 0 Å². The van der Waals surface area contributed by atoms with Crippen LogP contribution in [0.4, 0.5) is 0 Å². The topological polar surface area (TPSA) is 99.1 Å². The second kappa shape index (κ2) is 5.10. The van der Waals surface area contributed by atoms with Crippen LogP contribution in [0.1, 0.15) is 25.3 Å². The van der Waals surface area contributed by atoms with Gasteiger partial charge in [-0.15, -0.1) is 10.2 Å². The zero-order chi connectivity index (χ0) is 14.0. The number of benzene rings is 1. The van der Waals surface area contributed by atoms with Crippen molar-refractivity contribution in [1.82, 2.24) is 10.2 Å². The van der Waals surface area contributed by atoms with Crippen LogP contribution in [0.2, 0.25) is 0 Å². The second-order valence-electron chi connectivity index (χ2n) is 4.26. The van der Waals surface area contributed by atoms with Crippen molar-refractivity contribution in [1.29, 1.82) is 0 Å². The third-order valence-corrected chi connectivity index (χ3v) is 3.86. The summed E-state index contributed by atoms with van der Waals surface area (Å²) >= 11 is 0. The van der Waals surface area contributed by atoms with E-state index in [0.29, 0.717) is 23.8 Å². The fourth-order valence-corrected chi connectivity index (χ4v) is 2.15. The lowest BCUT2D eigenvalue weighted by molar-refractivity contribution is 0.452. The minimum absolute atomic E-state index is 0.251. The largest absolute Gasteiger partial charge is 0.419 e. The van der Waals surface area contributed by atoms with E-state index in [1.807, 2.05) is 6.92 Å². The summed E-state index contributed by atoms with van der Waals surface area (Å²) < 4.78 is 28.1. The van der Waals surface area contributed by atoms with Crippen molar-refractivity contribution in [3.05, 3.63) is 30.2 Å².